The molecule has 0 unspecified atom stereocenters. The van der Waals surface area contributed by atoms with E-state index in [9.17, 15) is 4.79 Å². The Morgan fingerprint density at radius 3 is 2.46 bits per heavy atom. The lowest BCUT2D eigenvalue weighted by Gasteiger charge is -2.03. The number of hydrogen-bond acceptors (Lipinski definition) is 2. The van der Waals surface area contributed by atoms with Crippen LogP contribution in [0.1, 0.15) is 12.5 Å². The van der Waals surface area contributed by atoms with Gasteiger partial charge in [0.2, 0.25) is 5.91 Å². The van der Waals surface area contributed by atoms with Gasteiger partial charge in [0.05, 0.1) is 7.11 Å². The molecule has 0 aliphatic rings. The summed E-state index contributed by atoms with van der Waals surface area (Å²) in [6.45, 7) is 2.07. The Kier molecular flexibility index (Phi) is 3.31. The molecule has 1 amide bonds. The molecule has 1 aromatic carbocycles. The second-order valence-corrected chi connectivity index (χ2v) is 2.76. The van der Waals surface area contributed by atoms with Crippen molar-refractivity contribution in [1.82, 2.24) is 5.32 Å². The fourth-order valence-corrected chi connectivity index (χ4v) is 0.970. The number of hydrogen-bond donors (Lipinski definition) is 1. The summed E-state index contributed by atoms with van der Waals surface area (Å²) in [4.78, 5) is 10.6. The van der Waals surface area contributed by atoms with Crippen LogP contribution in [-0.2, 0) is 11.3 Å². The van der Waals surface area contributed by atoms with Gasteiger partial charge in [0.1, 0.15) is 5.75 Å². The molecule has 0 bridgehead atoms. The molecule has 0 aromatic heterocycles. The van der Waals surface area contributed by atoms with E-state index in [1.54, 1.807) is 7.11 Å². The molecule has 1 N–H and O–H groups in total. The van der Waals surface area contributed by atoms with Crippen LogP contribution in [0.2, 0.25) is 0 Å². The van der Waals surface area contributed by atoms with Crippen molar-refractivity contribution in [2.45, 2.75) is 13.5 Å². The van der Waals surface area contributed by atoms with E-state index < -0.39 is 0 Å². The van der Waals surface area contributed by atoms with Crippen LogP contribution < -0.4 is 10.1 Å². The maximum Gasteiger partial charge on any atom is 0.217 e. The number of amides is 1. The minimum atomic E-state index is -0.0178. The second kappa shape index (κ2) is 4.50. The number of benzene rings is 1. The molecule has 3 nitrogen and oxygen atoms in total. The van der Waals surface area contributed by atoms with Gasteiger partial charge in [-0.1, -0.05) is 12.1 Å². The third kappa shape index (κ3) is 3.15. The largest absolute Gasteiger partial charge is 0.497 e. The lowest BCUT2D eigenvalue weighted by Crippen LogP contribution is -2.18. The number of ether oxygens (including phenoxy) is 1. The highest BCUT2D eigenvalue weighted by molar-refractivity contribution is 5.72. The van der Waals surface area contributed by atoms with Crippen molar-refractivity contribution in [3.05, 3.63) is 29.8 Å². The minimum Gasteiger partial charge on any atom is -0.497 e. The van der Waals surface area contributed by atoms with E-state index in [1.807, 2.05) is 24.3 Å². The molecule has 0 heterocycles. The molecular weight excluding hydrogens is 166 g/mol. The highest BCUT2D eigenvalue weighted by Gasteiger charge is 1.94. The quantitative estimate of drug-likeness (QED) is 0.760. The first kappa shape index (κ1) is 9.58. The van der Waals surface area contributed by atoms with Gasteiger partial charge >= 0.3 is 0 Å². The monoisotopic (exact) mass is 179 g/mol. The molecule has 3 heteroatoms. The summed E-state index contributed by atoms with van der Waals surface area (Å²) >= 11 is 0. The molecule has 0 fully saturated rings. The summed E-state index contributed by atoms with van der Waals surface area (Å²) in [5, 5.41) is 2.72. The molecule has 0 saturated carbocycles. The normalized spacial score (nSPS) is 9.38. The van der Waals surface area contributed by atoms with E-state index >= 15 is 0 Å². The van der Waals surface area contributed by atoms with Crippen molar-refractivity contribution in [3.63, 3.8) is 0 Å². The van der Waals surface area contributed by atoms with Crippen molar-refractivity contribution in [1.29, 1.82) is 0 Å². The molecule has 0 atom stereocenters. The van der Waals surface area contributed by atoms with E-state index in [2.05, 4.69) is 5.32 Å². The van der Waals surface area contributed by atoms with E-state index in [0.29, 0.717) is 6.54 Å². The second-order valence-electron chi connectivity index (χ2n) is 2.76. The zero-order valence-electron chi connectivity index (χ0n) is 7.83. The van der Waals surface area contributed by atoms with Gasteiger partial charge < -0.3 is 10.1 Å². The Bertz CT molecular complexity index is 279. The molecule has 13 heavy (non-hydrogen) atoms. The molecule has 1 rings (SSSR count). The molecule has 0 radical (unpaired) electrons. The number of methoxy groups -OCH3 is 1. The van der Waals surface area contributed by atoms with Crippen molar-refractivity contribution in [2.75, 3.05) is 7.11 Å². The summed E-state index contributed by atoms with van der Waals surface area (Å²) in [7, 11) is 1.63. The topological polar surface area (TPSA) is 38.3 Å². The zero-order valence-corrected chi connectivity index (χ0v) is 7.83. The van der Waals surface area contributed by atoms with Gasteiger partial charge in [-0.2, -0.15) is 0 Å². The van der Waals surface area contributed by atoms with Gasteiger partial charge in [-0.3, -0.25) is 4.79 Å². The predicted octanol–water partition coefficient (Wildman–Crippen LogP) is 1.33. The highest BCUT2D eigenvalue weighted by Crippen LogP contribution is 2.10. The molecular formula is C10H13NO2. The number of nitrogens with one attached hydrogen (secondary N) is 1. The lowest BCUT2D eigenvalue weighted by molar-refractivity contribution is -0.119. The van der Waals surface area contributed by atoms with Crippen molar-refractivity contribution in [3.8, 4) is 5.75 Å². The van der Waals surface area contributed by atoms with Crippen LogP contribution in [-0.4, -0.2) is 13.0 Å². The Balaban J connectivity index is 2.54. The Hall–Kier alpha value is -1.51. The van der Waals surface area contributed by atoms with Crippen LogP contribution >= 0.6 is 0 Å². The average molecular weight is 179 g/mol. The predicted molar refractivity (Wildman–Crippen MR) is 50.5 cm³/mol. The van der Waals surface area contributed by atoms with Gasteiger partial charge in [0, 0.05) is 13.5 Å². The molecule has 0 aliphatic heterocycles. The molecule has 0 aliphatic carbocycles. The van der Waals surface area contributed by atoms with Gasteiger partial charge in [-0.25, -0.2) is 0 Å². The maximum atomic E-state index is 10.6. The van der Waals surface area contributed by atoms with Gasteiger partial charge in [-0.05, 0) is 17.7 Å². The van der Waals surface area contributed by atoms with Crippen LogP contribution in [0.15, 0.2) is 24.3 Å². The smallest absolute Gasteiger partial charge is 0.217 e. The standard InChI is InChI=1S/C10H13NO2/c1-8(12)11-7-9-3-5-10(13-2)6-4-9/h3-6H,7H2,1-2H3,(H,11,12). The summed E-state index contributed by atoms with van der Waals surface area (Å²) in [5.74, 6) is 0.808. The molecule has 70 valence electrons. The van der Waals surface area contributed by atoms with Crippen molar-refractivity contribution in [2.24, 2.45) is 0 Å². The van der Waals surface area contributed by atoms with Crippen LogP contribution in [0.25, 0.3) is 0 Å². The summed E-state index contributed by atoms with van der Waals surface area (Å²) in [5.41, 5.74) is 1.07. The fraction of sp³-hybridized carbons (Fsp3) is 0.300. The summed E-state index contributed by atoms with van der Waals surface area (Å²) in [6, 6.07) is 7.60. The Labute approximate surface area is 77.7 Å². The minimum absolute atomic E-state index is 0.0178. The Morgan fingerprint density at radius 2 is 2.00 bits per heavy atom. The third-order valence-corrected chi connectivity index (χ3v) is 1.70. The van der Waals surface area contributed by atoms with Crippen LogP contribution in [0.4, 0.5) is 0 Å². The lowest BCUT2D eigenvalue weighted by atomic mass is 10.2. The molecule has 1 aromatic rings. The summed E-state index contributed by atoms with van der Waals surface area (Å²) < 4.78 is 5.01. The molecule has 0 spiro atoms. The molecule has 0 saturated heterocycles. The SMILES string of the molecule is COc1ccc(CNC(C)=O)cc1. The highest BCUT2D eigenvalue weighted by atomic mass is 16.5. The first-order valence-electron chi connectivity index (χ1n) is 4.09. The maximum absolute atomic E-state index is 10.6. The van der Waals surface area contributed by atoms with E-state index in [4.69, 9.17) is 4.74 Å². The van der Waals surface area contributed by atoms with E-state index in [-0.39, 0.29) is 5.91 Å². The average Bonchev–Trinajstić information content (AvgIpc) is 2.15. The van der Waals surface area contributed by atoms with Gasteiger partial charge in [-0.15, -0.1) is 0 Å². The number of carbonyl (C=O) groups is 1. The van der Waals surface area contributed by atoms with Crippen LogP contribution in [0.3, 0.4) is 0 Å². The van der Waals surface area contributed by atoms with E-state index in [1.165, 1.54) is 6.92 Å². The van der Waals surface area contributed by atoms with Crippen molar-refractivity contribution < 1.29 is 9.53 Å². The zero-order chi connectivity index (χ0) is 9.68. The number of carbonyl (C=O) groups excluding carboxylic acids is 1. The van der Waals surface area contributed by atoms with Gasteiger partial charge in [0.15, 0.2) is 0 Å². The van der Waals surface area contributed by atoms with Crippen LogP contribution in [0, 0.1) is 0 Å². The van der Waals surface area contributed by atoms with Crippen molar-refractivity contribution >= 4 is 5.91 Å². The third-order valence-electron chi connectivity index (χ3n) is 1.70. The van der Waals surface area contributed by atoms with Crippen LogP contribution in [0.5, 0.6) is 5.75 Å². The van der Waals surface area contributed by atoms with Gasteiger partial charge in [0.25, 0.3) is 0 Å². The first-order chi connectivity index (χ1) is 6.22. The summed E-state index contributed by atoms with van der Waals surface area (Å²) in [6.07, 6.45) is 0. The first-order valence-corrected chi connectivity index (χ1v) is 4.09. The van der Waals surface area contributed by atoms with E-state index in [0.717, 1.165) is 11.3 Å². The number of rotatable bonds is 3. The fourth-order valence-electron chi connectivity index (χ4n) is 0.970. The Morgan fingerprint density at radius 1 is 1.38 bits per heavy atom.